The molecule has 0 fully saturated rings. The number of benzene rings is 4. The minimum atomic E-state index is -5.05. The number of carbonyl (C=O) groups is 2. The molecule has 0 heterocycles. The number of methoxy groups -OCH3 is 1. The van der Waals surface area contributed by atoms with Crippen molar-refractivity contribution in [2.24, 2.45) is 0 Å². The summed E-state index contributed by atoms with van der Waals surface area (Å²) in [6.07, 6.45) is -10.3. The number of esters is 1. The summed E-state index contributed by atoms with van der Waals surface area (Å²) in [5, 5.41) is 2.55. The van der Waals surface area contributed by atoms with E-state index in [1.54, 1.807) is 30.3 Å². The monoisotopic (exact) mass is 665 g/mol. The highest BCUT2D eigenvalue weighted by molar-refractivity contribution is 5.95. The van der Waals surface area contributed by atoms with Gasteiger partial charge in [-0.2, -0.15) is 26.3 Å². The predicted octanol–water partition coefficient (Wildman–Crippen LogP) is 8.25. The van der Waals surface area contributed by atoms with E-state index in [9.17, 15) is 35.9 Å². The molecule has 0 bridgehead atoms. The van der Waals surface area contributed by atoms with Gasteiger partial charge in [0.25, 0.3) is 5.91 Å². The normalized spacial score (nSPS) is 13.4. The number of amides is 1. The molecule has 0 aliphatic carbocycles. The zero-order valence-electron chi connectivity index (χ0n) is 25.0. The number of alkyl halides is 6. The van der Waals surface area contributed by atoms with E-state index < -0.39 is 81.4 Å². The lowest BCUT2D eigenvalue weighted by atomic mass is 9.77. The molecule has 47 heavy (non-hydrogen) atoms. The Hall–Kier alpha value is -4.94. The Morgan fingerprint density at radius 3 is 1.96 bits per heavy atom. The Morgan fingerprint density at radius 1 is 0.702 bits per heavy atom. The maximum absolute atomic E-state index is 15.2. The van der Waals surface area contributed by atoms with Crippen LogP contribution in [0.2, 0.25) is 0 Å². The minimum absolute atomic E-state index is 0.155. The molecule has 0 spiro atoms. The van der Waals surface area contributed by atoms with Gasteiger partial charge in [0.15, 0.2) is 17.2 Å². The number of carbonyl (C=O) groups excluding carboxylic acids is 2. The first-order valence-corrected chi connectivity index (χ1v) is 13.8. The van der Waals surface area contributed by atoms with Gasteiger partial charge in [0.05, 0.1) is 23.8 Å². The van der Waals surface area contributed by atoms with Gasteiger partial charge in [-0.1, -0.05) is 42.5 Å². The lowest BCUT2D eigenvalue weighted by Crippen LogP contribution is -2.49. The van der Waals surface area contributed by atoms with Crippen LogP contribution in [0.5, 0.6) is 5.75 Å². The van der Waals surface area contributed by atoms with Crippen molar-refractivity contribution in [3.8, 4) is 5.75 Å². The van der Waals surface area contributed by atoms with E-state index in [-0.39, 0.29) is 11.6 Å². The molecule has 0 saturated carbocycles. The van der Waals surface area contributed by atoms with Gasteiger partial charge in [0.1, 0.15) is 5.82 Å². The number of hydrogen-bond donors (Lipinski definition) is 1. The fourth-order valence-corrected chi connectivity index (χ4v) is 4.97. The zero-order valence-corrected chi connectivity index (χ0v) is 25.0. The van der Waals surface area contributed by atoms with E-state index in [1.165, 1.54) is 13.8 Å². The van der Waals surface area contributed by atoms with E-state index >= 15 is 8.78 Å². The lowest BCUT2D eigenvalue weighted by molar-refractivity contribution is -0.156. The van der Waals surface area contributed by atoms with Crippen molar-refractivity contribution < 1.29 is 54.2 Å². The molecular weight excluding hydrogens is 638 g/mol. The van der Waals surface area contributed by atoms with Crippen LogP contribution in [0.25, 0.3) is 0 Å². The van der Waals surface area contributed by atoms with Crippen LogP contribution in [-0.4, -0.2) is 24.6 Å². The molecule has 0 aliphatic heterocycles. The van der Waals surface area contributed by atoms with Crippen molar-refractivity contribution in [2.45, 2.75) is 43.8 Å². The second-order valence-corrected chi connectivity index (χ2v) is 11.1. The van der Waals surface area contributed by atoms with Crippen LogP contribution in [-0.2, 0) is 33.8 Å². The van der Waals surface area contributed by atoms with Crippen molar-refractivity contribution in [3.63, 3.8) is 0 Å². The molecule has 4 aromatic rings. The van der Waals surface area contributed by atoms with Gasteiger partial charge in [-0.3, -0.25) is 4.79 Å². The van der Waals surface area contributed by atoms with Crippen LogP contribution in [0.4, 0.5) is 35.1 Å². The van der Waals surface area contributed by atoms with Crippen molar-refractivity contribution in [3.05, 3.63) is 136 Å². The van der Waals surface area contributed by atoms with E-state index in [0.717, 1.165) is 49.6 Å². The molecule has 0 saturated heterocycles. The Labute approximate surface area is 264 Å². The second-order valence-electron chi connectivity index (χ2n) is 11.1. The minimum Gasteiger partial charge on any atom is -0.473 e. The number of nitrogens with one attached hydrogen (secondary N) is 1. The van der Waals surface area contributed by atoms with E-state index in [1.807, 2.05) is 0 Å². The van der Waals surface area contributed by atoms with E-state index in [4.69, 9.17) is 9.47 Å². The maximum atomic E-state index is 15.2. The van der Waals surface area contributed by atoms with Gasteiger partial charge in [-0.05, 0) is 79.1 Å². The van der Waals surface area contributed by atoms with Gasteiger partial charge in [0, 0.05) is 12.0 Å². The first-order valence-electron chi connectivity index (χ1n) is 13.8. The predicted molar refractivity (Wildman–Crippen MR) is 154 cm³/mol. The molecule has 248 valence electrons. The van der Waals surface area contributed by atoms with E-state index in [2.05, 4.69) is 5.32 Å². The number of halogens is 8. The van der Waals surface area contributed by atoms with Crippen LogP contribution in [0, 0.1) is 11.6 Å². The average molecular weight is 666 g/mol. The van der Waals surface area contributed by atoms with Gasteiger partial charge in [-0.15, -0.1) is 0 Å². The van der Waals surface area contributed by atoms with Gasteiger partial charge < -0.3 is 14.8 Å². The summed E-state index contributed by atoms with van der Waals surface area (Å²) in [7, 11) is 1.07. The molecule has 0 radical (unpaired) electrons. The smallest absolute Gasteiger partial charge is 0.416 e. The third-order valence-corrected chi connectivity index (χ3v) is 7.28. The van der Waals surface area contributed by atoms with Crippen molar-refractivity contribution in [1.29, 1.82) is 0 Å². The fraction of sp³-hybridized carbons (Fsp3) is 0.235. The number of ether oxygens (including phenoxy) is 2. The highest BCUT2D eigenvalue weighted by Crippen LogP contribution is 2.40. The SMILES string of the molecule is COC(=O)C(C)(C)Oc1cc([C@@](Cc2ccccc2)(NC(=O)c2cccc(C(F)(F)F)c2)c2cc(F)cc(C(F)(F)F)c2)ccc1F. The first kappa shape index (κ1) is 34.9. The Bertz CT molecular complexity index is 1770. The highest BCUT2D eigenvalue weighted by Gasteiger charge is 2.42. The molecule has 0 aromatic heterocycles. The molecule has 4 rings (SSSR count). The first-order chi connectivity index (χ1) is 21.9. The van der Waals surface area contributed by atoms with Crippen molar-refractivity contribution in [1.82, 2.24) is 5.32 Å². The highest BCUT2D eigenvalue weighted by atomic mass is 19.4. The molecular formula is C34H27F8NO4. The molecule has 0 aliphatic rings. The second kappa shape index (κ2) is 13.0. The molecule has 0 unspecified atom stereocenters. The van der Waals surface area contributed by atoms with Crippen molar-refractivity contribution >= 4 is 11.9 Å². The molecule has 1 amide bonds. The van der Waals surface area contributed by atoms with Crippen LogP contribution < -0.4 is 10.1 Å². The third-order valence-electron chi connectivity index (χ3n) is 7.28. The summed E-state index contributed by atoms with van der Waals surface area (Å²) in [4.78, 5) is 26.1. The van der Waals surface area contributed by atoms with Gasteiger partial charge in [0.2, 0.25) is 0 Å². The van der Waals surface area contributed by atoms with Crippen molar-refractivity contribution in [2.75, 3.05) is 7.11 Å². The summed E-state index contributed by atoms with van der Waals surface area (Å²) in [5.41, 5.74) is -7.34. The summed E-state index contributed by atoms with van der Waals surface area (Å²) in [5.74, 6) is -5.02. The Balaban J connectivity index is 2.04. The number of hydrogen-bond acceptors (Lipinski definition) is 4. The fourth-order valence-electron chi connectivity index (χ4n) is 4.97. The lowest BCUT2D eigenvalue weighted by Gasteiger charge is -2.37. The molecule has 1 atom stereocenters. The molecule has 4 aromatic carbocycles. The number of rotatable bonds is 9. The largest absolute Gasteiger partial charge is 0.473 e. The summed E-state index contributed by atoms with van der Waals surface area (Å²) in [6, 6.07) is 15.7. The Morgan fingerprint density at radius 2 is 1.34 bits per heavy atom. The van der Waals surface area contributed by atoms with Gasteiger partial charge >= 0.3 is 18.3 Å². The topological polar surface area (TPSA) is 64.6 Å². The average Bonchev–Trinajstić information content (AvgIpc) is 3.00. The summed E-state index contributed by atoms with van der Waals surface area (Å²) < 4.78 is 123. The van der Waals surface area contributed by atoms with E-state index in [0.29, 0.717) is 17.7 Å². The standard InChI is InChI=1S/C34H27F8NO4/c1-31(2,30(45)46-3)47-28-18-22(12-13-27(28)36)32(19-20-8-5-4-6-9-20,24-15-25(34(40,41)42)17-26(35)16-24)43-29(44)21-10-7-11-23(14-21)33(37,38)39/h4-18H,19H2,1-3H3,(H,43,44)/t32-/m1/s1. The van der Waals surface area contributed by atoms with Crippen LogP contribution in [0.1, 0.15) is 52.0 Å². The summed E-state index contributed by atoms with van der Waals surface area (Å²) >= 11 is 0. The molecule has 5 nitrogen and oxygen atoms in total. The zero-order chi connectivity index (χ0) is 34.8. The maximum Gasteiger partial charge on any atom is 0.416 e. The van der Waals surface area contributed by atoms with Crippen LogP contribution in [0.15, 0.2) is 91.0 Å². The summed E-state index contributed by atoms with van der Waals surface area (Å²) in [6.45, 7) is 2.53. The molecule has 13 heteroatoms. The van der Waals surface area contributed by atoms with Crippen LogP contribution in [0.3, 0.4) is 0 Å². The third kappa shape index (κ3) is 7.90. The van der Waals surface area contributed by atoms with Gasteiger partial charge in [-0.25, -0.2) is 13.6 Å². The van der Waals surface area contributed by atoms with Crippen LogP contribution >= 0.6 is 0 Å². The Kier molecular flexibility index (Phi) is 9.70. The molecule has 1 N–H and O–H groups in total. The quantitative estimate of drug-likeness (QED) is 0.145.